The van der Waals surface area contributed by atoms with Crippen LogP contribution in [0.4, 0.5) is 13.2 Å². The Hall–Kier alpha value is -1.87. The predicted molar refractivity (Wildman–Crippen MR) is 89.2 cm³/mol. The fraction of sp³-hybridized carbons (Fsp3) is 0.647. The molecule has 1 amide bonds. The summed E-state index contributed by atoms with van der Waals surface area (Å²) in [5.74, 6) is -0.228. The lowest BCUT2D eigenvalue weighted by molar-refractivity contribution is -0.149. The number of piperazine rings is 1. The van der Waals surface area contributed by atoms with Crippen LogP contribution in [0.3, 0.4) is 0 Å². The molecule has 0 radical (unpaired) electrons. The quantitative estimate of drug-likeness (QED) is 0.798. The summed E-state index contributed by atoms with van der Waals surface area (Å²) in [6.45, 7) is 2.14. The number of ketones is 1. The molecule has 3 rings (SSSR count). The van der Waals surface area contributed by atoms with Crippen LogP contribution in [0.5, 0.6) is 0 Å². The van der Waals surface area contributed by atoms with E-state index in [1.165, 1.54) is 11.1 Å². The number of rotatable bonds is 5. The highest BCUT2D eigenvalue weighted by molar-refractivity contribution is 6.01. The van der Waals surface area contributed by atoms with Gasteiger partial charge in [0.25, 0.3) is 5.91 Å². The van der Waals surface area contributed by atoms with Gasteiger partial charge in [0, 0.05) is 51.0 Å². The van der Waals surface area contributed by atoms with E-state index in [1.807, 2.05) is 4.90 Å². The molecule has 3 heterocycles. The van der Waals surface area contributed by atoms with Crippen molar-refractivity contribution in [2.45, 2.75) is 19.0 Å². The summed E-state index contributed by atoms with van der Waals surface area (Å²) in [5.41, 5.74) is 0.843. The number of carbonyl (C=O) groups is 2. The summed E-state index contributed by atoms with van der Waals surface area (Å²) < 4.78 is 37.2. The molecule has 144 valence electrons. The van der Waals surface area contributed by atoms with Gasteiger partial charge in [-0.2, -0.15) is 13.2 Å². The Morgan fingerprint density at radius 3 is 2.23 bits per heavy atom. The number of likely N-dealkylation sites (tertiary alicyclic amines) is 1. The topological polar surface area (TPSA) is 59.7 Å². The maximum atomic E-state index is 12.4. The second-order valence-electron chi connectivity index (χ2n) is 6.89. The van der Waals surface area contributed by atoms with Crippen LogP contribution in [0.15, 0.2) is 12.3 Å². The lowest BCUT2D eigenvalue weighted by Gasteiger charge is -2.34. The third kappa shape index (κ3) is 4.85. The molecular weight excluding hydrogens is 349 g/mol. The van der Waals surface area contributed by atoms with Crippen molar-refractivity contribution in [1.82, 2.24) is 19.7 Å². The van der Waals surface area contributed by atoms with E-state index in [0.29, 0.717) is 37.4 Å². The Balaban J connectivity index is 1.49. The molecule has 9 heteroatoms. The van der Waals surface area contributed by atoms with Gasteiger partial charge in [0.05, 0.1) is 13.1 Å². The number of aromatic amines is 1. The van der Waals surface area contributed by atoms with Crippen molar-refractivity contribution in [3.63, 3.8) is 0 Å². The van der Waals surface area contributed by atoms with Crippen molar-refractivity contribution >= 4 is 11.7 Å². The molecule has 0 atom stereocenters. The van der Waals surface area contributed by atoms with Gasteiger partial charge < -0.3 is 9.88 Å². The van der Waals surface area contributed by atoms with Crippen LogP contribution in [-0.2, 0) is 0 Å². The van der Waals surface area contributed by atoms with E-state index >= 15 is 0 Å². The Labute approximate surface area is 149 Å². The molecule has 2 fully saturated rings. The number of hydrogen-bond donors (Lipinski definition) is 1. The number of alkyl halides is 3. The fourth-order valence-corrected chi connectivity index (χ4v) is 3.42. The third-order valence-corrected chi connectivity index (χ3v) is 4.86. The van der Waals surface area contributed by atoms with E-state index in [4.69, 9.17) is 0 Å². The highest BCUT2D eigenvalue weighted by Crippen LogP contribution is 2.18. The molecule has 0 aliphatic carbocycles. The average molecular weight is 372 g/mol. The second kappa shape index (κ2) is 7.79. The second-order valence-corrected chi connectivity index (χ2v) is 6.89. The van der Waals surface area contributed by atoms with Crippen LogP contribution >= 0.6 is 0 Å². The first kappa shape index (κ1) is 18.9. The summed E-state index contributed by atoms with van der Waals surface area (Å²) in [6.07, 6.45) is -0.663. The zero-order valence-corrected chi connectivity index (χ0v) is 14.5. The molecule has 0 aromatic carbocycles. The van der Waals surface area contributed by atoms with Crippen LogP contribution in [-0.4, -0.2) is 89.9 Å². The van der Waals surface area contributed by atoms with Gasteiger partial charge in [0.15, 0.2) is 5.78 Å². The minimum Gasteiger partial charge on any atom is -0.356 e. The molecule has 1 aromatic heterocycles. The number of H-pyrrole nitrogens is 1. The van der Waals surface area contributed by atoms with Crippen LogP contribution in [0.1, 0.15) is 33.7 Å². The van der Waals surface area contributed by atoms with Crippen molar-refractivity contribution in [1.29, 1.82) is 0 Å². The van der Waals surface area contributed by atoms with E-state index in [2.05, 4.69) is 4.98 Å². The standard InChI is InChI=1S/C17H23F3N4O2/c18-17(19,20)12-23-7-5-22(6-8-23)11-15(25)13-9-14(21-10-13)16(26)24-3-1-2-4-24/h9-10,21H,1-8,11-12H2. The molecule has 0 saturated carbocycles. The van der Waals surface area contributed by atoms with Crippen molar-refractivity contribution in [2.75, 3.05) is 52.4 Å². The first-order valence-electron chi connectivity index (χ1n) is 8.84. The smallest absolute Gasteiger partial charge is 0.356 e. The molecular formula is C17H23F3N4O2. The normalized spacial score (nSPS) is 19.9. The highest BCUT2D eigenvalue weighted by atomic mass is 19.4. The first-order chi connectivity index (χ1) is 12.3. The van der Waals surface area contributed by atoms with Crippen LogP contribution in [0, 0.1) is 0 Å². The molecule has 26 heavy (non-hydrogen) atoms. The summed E-state index contributed by atoms with van der Waals surface area (Å²) >= 11 is 0. The van der Waals surface area contributed by atoms with E-state index in [9.17, 15) is 22.8 Å². The summed E-state index contributed by atoms with van der Waals surface area (Å²) in [7, 11) is 0. The molecule has 2 saturated heterocycles. The van der Waals surface area contributed by atoms with Crippen LogP contribution in [0.2, 0.25) is 0 Å². The minimum atomic E-state index is -4.19. The van der Waals surface area contributed by atoms with Gasteiger partial charge in [-0.3, -0.25) is 19.4 Å². The Morgan fingerprint density at radius 2 is 1.62 bits per heavy atom. The first-order valence-corrected chi connectivity index (χ1v) is 8.84. The van der Waals surface area contributed by atoms with Crippen LogP contribution in [0.25, 0.3) is 0 Å². The van der Waals surface area contributed by atoms with Crippen molar-refractivity contribution in [2.24, 2.45) is 0 Å². The number of nitrogens with zero attached hydrogens (tertiary/aromatic N) is 3. The molecule has 6 nitrogen and oxygen atoms in total. The van der Waals surface area contributed by atoms with Crippen molar-refractivity contribution in [3.8, 4) is 0 Å². The number of amides is 1. The monoisotopic (exact) mass is 372 g/mol. The van der Waals surface area contributed by atoms with Gasteiger partial charge in [-0.1, -0.05) is 0 Å². The molecule has 0 spiro atoms. The number of hydrogen-bond acceptors (Lipinski definition) is 4. The van der Waals surface area contributed by atoms with Gasteiger partial charge in [-0.15, -0.1) is 0 Å². The fourth-order valence-electron chi connectivity index (χ4n) is 3.42. The lowest BCUT2D eigenvalue weighted by atomic mass is 10.2. The maximum Gasteiger partial charge on any atom is 0.401 e. The zero-order chi connectivity index (χ0) is 18.7. The maximum absolute atomic E-state index is 12.4. The van der Waals surface area contributed by atoms with Crippen LogP contribution < -0.4 is 0 Å². The van der Waals surface area contributed by atoms with Gasteiger partial charge in [-0.05, 0) is 18.9 Å². The summed E-state index contributed by atoms with van der Waals surface area (Å²) in [5, 5.41) is 0. The van der Waals surface area contributed by atoms with Gasteiger partial charge in [-0.25, -0.2) is 0 Å². The average Bonchev–Trinajstić information content (AvgIpc) is 3.26. The van der Waals surface area contributed by atoms with E-state index in [0.717, 1.165) is 25.9 Å². The van der Waals surface area contributed by atoms with E-state index in [1.54, 1.807) is 11.0 Å². The van der Waals surface area contributed by atoms with Gasteiger partial charge >= 0.3 is 6.18 Å². The molecule has 0 bridgehead atoms. The summed E-state index contributed by atoms with van der Waals surface area (Å²) in [4.78, 5) is 32.5. The van der Waals surface area contributed by atoms with Crippen molar-refractivity contribution in [3.05, 3.63) is 23.5 Å². The summed E-state index contributed by atoms with van der Waals surface area (Å²) in [6, 6.07) is 1.57. The molecule has 1 aromatic rings. The van der Waals surface area contributed by atoms with E-state index < -0.39 is 12.7 Å². The molecule has 2 aliphatic rings. The molecule has 1 N–H and O–H groups in total. The Kier molecular flexibility index (Phi) is 5.67. The lowest BCUT2D eigenvalue weighted by Crippen LogP contribution is -2.50. The Morgan fingerprint density at radius 1 is 1.00 bits per heavy atom. The number of aromatic nitrogens is 1. The highest BCUT2D eigenvalue weighted by Gasteiger charge is 2.32. The molecule has 0 unspecified atom stereocenters. The largest absolute Gasteiger partial charge is 0.401 e. The minimum absolute atomic E-state index is 0.0951. The number of carbonyl (C=O) groups excluding carboxylic acids is 2. The number of Topliss-reactive ketones (excluding diaryl/α,β-unsaturated/α-hetero) is 1. The van der Waals surface area contributed by atoms with E-state index in [-0.39, 0.29) is 18.2 Å². The van der Waals surface area contributed by atoms with Gasteiger partial charge in [0.1, 0.15) is 5.69 Å². The van der Waals surface area contributed by atoms with Crippen molar-refractivity contribution < 1.29 is 22.8 Å². The number of nitrogens with one attached hydrogen (secondary N) is 1. The van der Waals surface area contributed by atoms with Gasteiger partial charge in [0.2, 0.25) is 0 Å². The number of halogens is 3. The zero-order valence-electron chi connectivity index (χ0n) is 14.5. The SMILES string of the molecule is O=C(CN1CCN(CC(F)(F)F)CC1)c1c[nH]c(C(=O)N2CCCC2)c1. The Bertz CT molecular complexity index is 645. The predicted octanol–water partition coefficient (Wildman–Crippen LogP) is 1.61. The molecule has 2 aliphatic heterocycles. The third-order valence-electron chi connectivity index (χ3n) is 4.86.